The number of benzene rings is 2. The number of halogens is 3. The average molecular weight is 279 g/mol. The molecule has 0 amide bonds. The van der Waals surface area contributed by atoms with E-state index in [-0.39, 0.29) is 11.9 Å². The van der Waals surface area contributed by atoms with Crippen molar-refractivity contribution >= 4 is 0 Å². The summed E-state index contributed by atoms with van der Waals surface area (Å²) in [7, 11) is 0. The van der Waals surface area contributed by atoms with Crippen molar-refractivity contribution in [3.8, 4) is 11.1 Å². The van der Waals surface area contributed by atoms with E-state index in [0.29, 0.717) is 23.2 Å². The lowest BCUT2D eigenvalue weighted by atomic mass is 10.0. The van der Waals surface area contributed by atoms with E-state index in [2.05, 4.69) is 5.32 Å². The lowest BCUT2D eigenvalue weighted by Crippen LogP contribution is -2.22. The normalized spacial score (nSPS) is 11.1. The highest BCUT2D eigenvalue weighted by Crippen LogP contribution is 2.24. The van der Waals surface area contributed by atoms with Crippen LogP contribution in [0.25, 0.3) is 11.1 Å². The van der Waals surface area contributed by atoms with Gasteiger partial charge in [-0.3, -0.25) is 0 Å². The smallest absolute Gasteiger partial charge is 0.127 e. The predicted molar refractivity (Wildman–Crippen MR) is 73.7 cm³/mol. The summed E-state index contributed by atoms with van der Waals surface area (Å²) in [5.74, 6) is -1.63. The fourth-order valence-corrected chi connectivity index (χ4v) is 1.92. The first-order valence-electron chi connectivity index (χ1n) is 6.44. The van der Waals surface area contributed by atoms with Gasteiger partial charge in [-0.1, -0.05) is 19.9 Å². The Labute approximate surface area is 116 Å². The zero-order chi connectivity index (χ0) is 14.7. The third kappa shape index (κ3) is 3.61. The minimum atomic E-state index is -0.647. The largest absolute Gasteiger partial charge is 0.310 e. The fraction of sp³-hybridized carbons (Fsp3) is 0.250. The molecule has 0 heterocycles. The monoisotopic (exact) mass is 279 g/mol. The van der Waals surface area contributed by atoms with E-state index in [1.54, 1.807) is 6.07 Å². The molecule has 1 N–H and O–H groups in total. The van der Waals surface area contributed by atoms with Crippen LogP contribution in [0, 0.1) is 17.5 Å². The van der Waals surface area contributed by atoms with Gasteiger partial charge in [0.15, 0.2) is 0 Å². The standard InChI is InChI=1S/C16H16F3N/c1-10(2)20-9-13-5-11(3-4-16(13)19)12-6-14(17)8-15(18)7-12/h3-8,10,20H,9H2,1-2H3. The van der Waals surface area contributed by atoms with Crippen LogP contribution in [0.1, 0.15) is 19.4 Å². The Morgan fingerprint density at radius 2 is 1.55 bits per heavy atom. The quantitative estimate of drug-likeness (QED) is 0.881. The second kappa shape index (κ2) is 6.09. The van der Waals surface area contributed by atoms with Gasteiger partial charge in [-0.05, 0) is 35.4 Å². The topological polar surface area (TPSA) is 12.0 Å². The van der Waals surface area contributed by atoms with Crippen LogP contribution in [0.5, 0.6) is 0 Å². The Balaban J connectivity index is 2.35. The molecular formula is C16H16F3N. The van der Waals surface area contributed by atoms with Crippen molar-refractivity contribution in [3.63, 3.8) is 0 Å². The van der Waals surface area contributed by atoms with Crippen molar-refractivity contribution in [1.82, 2.24) is 5.32 Å². The van der Waals surface area contributed by atoms with E-state index in [0.717, 1.165) is 6.07 Å². The van der Waals surface area contributed by atoms with Crippen molar-refractivity contribution in [2.45, 2.75) is 26.4 Å². The molecule has 0 saturated carbocycles. The van der Waals surface area contributed by atoms with E-state index in [1.165, 1.54) is 24.3 Å². The summed E-state index contributed by atoms with van der Waals surface area (Å²) in [5, 5.41) is 3.12. The second-order valence-electron chi connectivity index (χ2n) is 5.00. The maximum atomic E-state index is 13.7. The second-order valence-corrected chi connectivity index (χ2v) is 5.00. The van der Waals surface area contributed by atoms with Crippen molar-refractivity contribution < 1.29 is 13.2 Å². The minimum absolute atomic E-state index is 0.227. The van der Waals surface area contributed by atoms with Gasteiger partial charge in [0.1, 0.15) is 17.5 Å². The molecule has 20 heavy (non-hydrogen) atoms. The third-order valence-corrected chi connectivity index (χ3v) is 2.94. The molecule has 0 aliphatic heterocycles. The number of nitrogens with one attached hydrogen (secondary N) is 1. The van der Waals surface area contributed by atoms with Crippen LogP contribution < -0.4 is 5.32 Å². The van der Waals surface area contributed by atoms with Crippen LogP contribution in [-0.4, -0.2) is 6.04 Å². The first-order valence-corrected chi connectivity index (χ1v) is 6.44. The van der Waals surface area contributed by atoms with E-state index >= 15 is 0 Å². The molecule has 1 nitrogen and oxygen atoms in total. The number of rotatable bonds is 4. The molecule has 0 aliphatic carbocycles. The molecule has 0 bridgehead atoms. The number of hydrogen-bond donors (Lipinski definition) is 1. The molecule has 0 saturated heterocycles. The molecular weight excluding hydrogens is 263 g/mol. The molecule has 4 heteroatoms. The van der Waals surface area contributed by atoms with Gasteiger partial charge >= 0.3 is 0 Å². The molecule has 2 aromatic carbocycles. The van der Waals surface area contributed by atoms with Crippen LogP contribution >= 0.6 is 0 Å². The SMILES string of the molecule is CC(C)NCc1cc(-c2cc(F)cc(F)c2)ccc1F. The van der Waals surface area contributed by atoms with Gasteiger partial charge in [0, 0.05) is 24.2 Å². The molecule has 0 atom stereocenters. The summed E-state index contributed by atoms with van der Waals surface area (Å²) in [6.45, 7) is 4.29. The van der Waals surface area contributed by atoms with Gasteiger partial charge in [-0.25, -0.2) is 13.2 Å². The van der Waals surface area contributed by atoms with Crippen molar-refractivity contribution in [3.05, 3.63) is 59.4 Å². The van der Waals surface area contributed by atoms with Gasteiger partial charge in [0.25, 0.3) is 0 Å². The summed E-state index contributed by atoms with van der Waals surface area (Å²) in [6.07, 6.45) is 0. The van der Waals surface area contributed by atoms with E-state index in [4.69, 9.17) is 0 Å². The first kappa shape index (κ1) is 14.6. The maximum absolute atomic E-state index is 13.7. The van der Waals surface area contributed by atoms with E-state index in [9.17, 15) is 13.2 Å². The van der Waals surface area contributed by atoms with Crippen LogP contribution in [0.2, 0.25) is 0 Å². The summed E-state index contributed by atoms with van der Waals surface area (Å²) in [4.78, 5) is 0. The Kier molecular flexibility index (Phi) is 4.45. The molecule has 0 aromatic heterocycles. The lowest BCUT2D eigenvalue weighted by Gasteiger charge is -2.11. The zero-order valence-corrected chi connectivity index (χ0v) is 11.4. The highest BCUT2D eigenvalue weighted by Gasteiger charge is 2.08. The zero-order valence-electron chi connectivity index (χ0n) is 11.4. The molecule has 2 aromatic rings. The Bertz CT molecular complexity index is 588. The van der Waals surface area contributed by atoms with E-state index in [1.807, 2.05) is 13.8 Å². The highest BCUT2D eigenvalue weighted by atomic mass is 19.1. The Hall–Kier alpha value is -1.81. The summed E-state index contributed by atoms with van der Waals surface area (Å²) in [6, 6.07) is 7.95. The third-order valence-electron chi connectivity index (χ3n) is 2.94. The summed E-state index contributed by atoms with van der Waals surface area (Å²) < 4.78 is 40.1. The predicted octanol–water partition coefficient (Wildman–Crippen LogP) is 4.27. The molecule has 2 rings (SSSR count). The first-order chi connectivity index (χ1) is 9.45. The van der Waals surface area contributed by atoms with Gasteiger partial charge in [0.05, 0.1) is 0 Å². The van der Waals surface area contributed by atoms with Gasteiger partial charge in [0.2, 0.25) is 0 Å². The highest BCUT2D eigenvalue weighted by molar-refractivity contribution is 5.64. The molecule has 0 fully saturated rings. The fourth-order valence-electron chi connectivity index (χ4n) is 1.92. The van der Waals surface area contributed by atoms with Crippen molar-refractivity contribution in [2.24, 2.45) is 0 Å². The molecule has 0 aliphatic rings. The van der Waals surface area contributed by atoms with Crippen LogP contribution in [-0.2, 0) is 6.54 Å². The van der Waals surface area contributed by atoms with Gasteiger partial charge in [-0.2, -0.15) is 0 Å². The Morgan fingerprint density at radius 1 is 0.900 bits per heavy atom. The maximum Gasteiger partial charge on any atom is 0.127 e. The van der Waals surface area contributed by atoms with Crippen molar-refractivity contribution in [2.75, 3.05) is 0 Å². The van der Waals surface area contributed by atoms with Gasteiger partial charge in [-0.15, -0.1) is 0 Å². The average Bonchev–Trinajstić information content (AvgIpc) is 2.36. The van der Waals surface area contributed by atoms with Crippen LogP contribution in [0.3, 0.4) is 0 Å². The molecule has 0 spiro atoms. The lowest BCUT2D eigenvalue weighted by molar-refractivity contribution is 0.553. The van der Waals surface area contributed by atoms with Gasteiger partial charge < -0.3 is 5.32 Å². The molecule has 0 radical (unpaired) electrons. The molecule has 106 valence electrons. The van der Waals surface area contributed by atoms with Crippen molar-refractivity contribution in [1.29, 1.82) is 0 Å². The molecule has 0 unspecified atom stereocenters. The number of hydrogen-bond acceptors (Lipinski definition) is 1. The van der Waals surface area contributed by atoms with E-state index < -0.39 is 11.6 Å². The van der Waals surface area contributed by atoms with Crippen LogP contribution in [0.4, 0.5) is 13.2 Å². The Morgan fingerprint density at radius 3 is 2.15 bits per heavy atom. The summed E-state index contributed by atoms with van der Waals surface area (Å²) in [5.41, 5.74) is 1.46. The summed E-state index contributed by atoms with van der Waals surface area (Å²) >= 11 is 0. The minimum Gasteiger partial charge on any atom is -0.310 e. The van der Waals surface area contributed by atoms with Crippen LogP contribution in [0.15, 0.2) is 36.4 Å².